The zero-order chi connectivity index (χ0) is 17.0. The number of halogens is 1. The number of hydrogen-bond acceptors (Lipinski definition) is 7. The van der Waals surface area contributed by atoms with Gasteiger partial charge in [-0.25, -0.2) is 4.98 Å². The SMILES string of the molecule is Cl.O=C(c1csc(-c2cccs2)n1)N1C[C@@H]2[C@H](CO)[C@H]3CNC[C@]2(C1)O3. The van der Waals surface area contributed by atoms with Crippen LogP contribution in [0, 0.1) is 11.8 Å². The Kier molecular flexibility index (Phi) is 4.83. The zero-order valence-electron chi connectivity index (χ0n) is 14.0. The second kappa shape index (κ2) is 6.85. The lowest BCUT2D eigenvalue weighted by Crippen LogP contribution is -2.52. The van der Waals surface area contributed by atoms with Crippen LogP contribution in [0.2, 0.25) is 0 Å². The Bertz CT molecular complexity index is 799. The van der Waals surface area contributed by atoms with Gasteiger partial charge in [-0.3, -0.25) is 4.79 Å². The monoisotopic (exact) mass is 413 g/mol. The molecule has 0 radical (unpaired) electrons. The van der Waals surface area contributed by atoms with Gasteiger partial charge in [0.2, 0.25) is 0 Å². The fourth-order valence-electron chi connectivity index (χ4n) is 4.50. The third-order valence-corrected chi connectivity index (χ3v) is 7.54. The van der Waals surface area contributed by atoms with E-state index < -0.39 is 0 Å². The molecule has 1 amide bonds. The average Bonchev–Trinajstić information content (AvgIpc) is 3.37. The molecular weight excluding hydrogens is 394 g/mol. The van der Waals surface area contributed by atoms with Gasteiger partial charge in [0.15, 0.2) is 0 Å². The van der Waals surface area contributed by atoms with Crippen molar-refractivity contribution < 1.29 is 14.6 Å². The summed E-state index contributed by atoms with van der Waals surface area (Å²) in [6.45, 7) is 2.84. The van der Waals surface area contributed by atoms with Crippen LogP contribution in [-0.4, -0.2) is 65.4 Å². The van der Waals surface area contributed by atoms with Gasteiger partial charge in [0.1, 0.15) is 16.3 Å². The number of fused-ring (bicyclic) bond motifs is 1. The fourth-order valence-corrected chi connectivity index (χ4v) is 6.11. The first-order valence-electron chi connectivity index (χ1n) is 8.48. The number of ether oxygens (including phenoxy) is 1. The van der Waals surface area contributed by atoms with Gasteiger partial charge < -0.3 is 20.1 Å². The number of thiophene rings is 1. The summed E-state index contributed by atoms with van der Waals surface area (Å²) in [4.78, 5) is 20.4. The number of thiazole rings is 1. The minimum Gasteiger partial charge on any atom is -0.396 e. The van der Waals surface area contributed by atoms with Gasteiger partial charge in [-0.05, 0) is 11.4 Å². The molecule has 9 heteroatoms. The molecule has 3 saturated heterocycles. The summed E-state index contributed by atoms with van der Waals surface area (Å²) in [7, 11) is 0. The van der Waals surface area contributed by atoms with Gasteiger partial charge in [-0.15, -0.1) is 35.1 Å². The Morgan fingerprint density at radius 1 is 1.50 bits per heavy atom. The lowest BCUT2D eigenvalue weighted by molar-refractivity contribution is -0.0726. The van der Waals surface area contributed by atoms with Crippen molar-refractivity contribution in [3.63, 3.8) is 0 Å². The molecule has 0 unspecified atom stereocenters. The van der Waals surface area contributed by atoms with Gasteiger partial charge in [0.05, 0.1) is 17.5 Å². The highest BCUT2D eigenvalue weighted by Crippen LogP contribution is 2.47. The number of nitrogens with one attached hydrogen (secondary N) is 1. The lowest BCUT2D eigenvalue weighted by atomic mass is 9.83. The summed E-state index contributed by atoms with van der Waals surface area (Å²) in [5.41, 5.74) is 0.157. The second-order valence-electron chi connectivity index (χ2n) is 7.01. The summed E-state index contributed by atoms with van der Waals surface area (Å²) in [5.74, 6) is 0.256. The van der Waals surface area contributed by atoms with Crippen LogP contribution < -0.4 is 5.32 Å². The molecule has 2 N–H and O–H groups in total. The largest absolute Gasteiger partial charge is 0.396 e. The van der Waals surface area contributed by atoms with E-state index in [1.54, 1.807) is 11.3 Å². The summed E-state index contributed by atoms with van der Waals surface area (Å²) >= 11 is 3.13. The molecule has 140 valence electrons. The molecule has 3 fully saturated rings. The van der Waals surface area contributed by atoms with Gasteiger partial charge in [0, 0.05) is 43.5 Å². The Labute approximate surface area is 165 Å². The van der Waals surface area contributed by atoms with E-state index >= 15 is 0 Å². The maximum Gasteiger partial charge on any atom is 0.273 e. The van der Waals surface area contributed by atoms with E-state index in [-0.39, 0.29) is 48.5 Å². The van der Waals surface area contributed by atoms with E-state index in [0.29, 0.717) is 18.8 Å². The highest BCUT2D eigenvalue weighted by atomic mass is 35.5. The van der Waals surface area contributed by atoms with Crippen LogP contribution in [0.25, 0.3) is 9.88 Å². The smallest absolute Gasteiger partial charge is 0.273 e. The van der Waals surface area contributed by atoms with Crippen molar-refractivity contribution in [3.05, 3.63) is 28.6 Å². The number of aliphatic hydroxyl groups is 1. The van der Waals surface area contributed by atoms with Gasteiger partial charge >= 0.3 is 0 Å². The van der Waals surface area contributed by atoms with Crippen LogP contribution in [0.3, 0.4) is 0 Å². The van der Waals surface area contributed by atoms with Crippen LogP contribution in [0.1, 0.15) is 10.5 Å². The number of likely N-dealkylation sites (tertiary alicyclic amines) is 1. The number of rotatable bonds is 3. The molecule has 3 aliphatic heterocycles. The van der Waals surface area contributed by atoms with Gasteiger partial charge in [0.25, 0.3) is 5.91 Å². The maximum atomic E-state index is 12.9. The van der Waals surface area contributed by atoms with Crippen molar-refractivity contribution in [2.24, 2.45) is 11.8 Å². The topological polar surface area (TPSA) is 74.7 Å². The van der Waals surface area contributed by atoms with Crippen LogP contribution in [0.4, 0.5) is 0 Å². The lowest BCUT2D eigenvalue weighted by Gasteiger charge is -2.33. The van der Waals surface area contributed by atoms with Crippen molar-refractivity contribution in [3.8, 4) is 9.88 Å². The summed E-state index contributed by atoms with van der Waals surface area (Å²) < 4.78 is 6.26. The Morgan fingerprint density at radius 3 is 3.15 bits per heavy atom. The first kappa shape index (κ1) is 18.3. The number of nitrogens with zero attached hydrogens (tertiary/aromatic N) is 2. The third kappa shape index (κ3) is 2.71. The van der Waals surface area contributed by atoms with Crippen molar-refractivity contribution in [2.75, 3.05) is 32.8 Å². The highest BCUT2D eigenvalue weighted by molar-refractivity contribution is 7.20. The molecule has 0 aliphatic carbocycles. The number of carbonyl (C=O) groups is 1. The molecular formula is C17H20ClN3O3S2. The zero-order valence-corrected chi connectivity index (χ0v) is 16.4. The normalized spacial score (nSPS) is 32.3. The average molecular weight is 414 g/mol. The van der Waals surface area contributed by atoms with E-state index in [4.69, 9.17) is 4.74 Å². The molecule has 1 spiro atoms. The fraction of sp³-hybridized carbons (Fsp3) is 0.529. The predicted octanol–water partition coefficient (Wildman–Crippen LogP) is 1.71. The molecule has 26 heavy (non-hydrogen) atoms. The van der Waals surface area contributed by atoms with E-state index in [2.05, 4.69) is 10.3 Å². The van der Waals surface area contributed by atoms with Crippen molar-refractivity contribution >= 4 is 41.0 Å². The minimum absolute atomic E-state index is 0. The molecule has 4 atom stereocenters. The van der Waals surface area contributed by atoms with Crippen LogP contribution in [-0.2, 0) is 4.74 Å². The van der Waals surface area contributed by atoms with Crippen molar-refractivity contribution in [1.82, 2.24) is 15.2 Å². The Hall–Kier alpha value is -1.03. The van der Waals surface area contributed by atoms with E-state index in [1.165, 1.54) is 11.3 Å². The van der Waals surface area contributed by atoms with Crippen LogP contribution in [0.5, 0.6) is 0 Å². The quantitative estimate of drug-likeness (QED) is 0.801. The summed E-state index contributed by atoms with van der Waals surface area (Å²) in [6.07, 6.45) is 0.0608. The second-order valence-corrected chi connectivity index (χ2v) is 8.81. The molecule has 3 aliphatic rings. The molecule has 2 aromatic heterocycles. The molecule has 2 aromatic rings. The number of carbonyl (C=O) groups excluding carboxylic acids is 1. The number of aliphatic hydroxyl groups excluding tert-OH is 1. The molecule has 2 bridgehead atoms. The van der Waals surface area contributed by atoms with E-state index in [0.717, 1.165) is 23.0 Å². The summed E-state index contributed by atoms with van der Waals surface area (Å²) in [6, 6.07) is 4.01. The molecule has 5 rings (SSSR count). The predicted molar refractivity (Wildman–Crippen MR) is 103 cm³/mol. The van der Waals surface area contributed by atoms with Gasteiger partial charge in [-0.2, -0.15) is 0 Å². The van der Waals surface area contributed by atoms with Crippen molar-refractivity contribution in [1.29, 1.82) is 0 Å². The van der Waals surface area contributed by atoms with E-state index in [1.807, 2.05) is 27.8 Å². The highest BCUT2D eigenvalue weighted by Gasteiger charge is 2.61. The Balaban J connectivity index is 0.00000168. The van der Waals surface area contributed by atoms with Crippen LogP contribution >= 0.6 is 35.1 Å². The minimum atomic E-state index is -0.349. The third-order valence-electron chi connectivity index (χ3n) is 5.65. The number of hydrogen-bond donors (Lipinski definition) is 2. The molecule has 5 heterocycles. The maximum absolute atomic E-state index is 12.9. The molecule has 6 nitrogen and oxygen atoms in total. The number of amides is 1. The first-order valence-corrected chi connectivity index (χ1v) is 10.2. The summed E-state index contributed by atoms with van der Waals surface area (Å²) in [5, 5.41) is 17.9. The van der Waals surface area contributed by atoms with E-state index in [9.17, 15) is 9.90 Å². The number of aromatic nitrogens is 1. The Morgan fingerprint density at radius 2 is 2.38 bits per heavy atom. The van der Waals surface area contributed by atoms with Crippen LogP contribution in [0.15, 0.2) is 22.9 Å². The molecule has 0 saturated carbocycles. The molecule has 0 aromatic carbocycles. The van der Waals surface area contributed by atoms with Crippen molar-refractivity contribution in [2.45, 2.75) is 11.7 Å². The van der Waals surface area contributed by atoms with Gasteiger partial charge in [-0.1, -0.05) is 6.07 Å². The first-order chi connectivity index (χ1) is 12.2. The standard InChI is InChI=1S/C17H19N3O3S2.ClH/c21-6-10-11-5-20(9-17(11)8-18-4-13(10)23-17)16(22)12-7-25-15(19-12)14-2-1-3-24-14;/h1-3,7,10-11,13,18,21H,4-6,8-9H2;1H/t10-,11+,13+,17+;/m0./s1. The number of morpholine rings is 1.